The highest BCUT2D eigenvalue weighted by Gasteiger charge is 2.52. The van der Waals surface area contributed by atoms with E-state index in [-0.39, 0.29) is 0 Å². The SMILES string of the molecule is CC1(C)OB(c2cncc(F)n2)OC1(C)C. The van der Waals surface area contributed by atoms with E-state index in [0.717, 1.165) is 6.20 Å². The Bertz CT molecular complexity index is 396. The van der Waals surface area contributed by atoms with Crippen LogP contribution in [0.1, 0.15) is 27.7 Å². The minimum absolute atomic E-state index is 0.360. The Kier molecular flexibility index (Phi) is 2.51. The highest BCUT2D eigenvalue weighted by molar-refractivity contribution is 6.61. The predicted molar refractivity (Wildman–Crippen MR) is 57.7 cm³/mol. The second kappa shape index (κ2) is 3.50. The van der Waals surface area contributed by atoms with Crippen molar-refractivity contribution < 1.29 is 13.7 Å². The molecule has 0 radical (unpaired) electrons. The second-order valence-corrected chi connectivity index (χ2v) is 4.85. The normalized spacial score (nSPS) is 22.4. The number of hydrogen-bond donors (Lipinski definition) is 0. The Morgan fingerprint density at radius 1 is 1.12 bits per heavy atom. The fourth-order valence-corrected chi connectivity index (χ4v) is 1.43. The van der Waals surface area contributed by atoms with Crippen molar-refractivity contribution in [3.8, 4) is 0 Å². The third-order valence-corrected chi connectivity index (χ3v) is 3.12. The fourth-order valence-electron chi connectivity index (χ4n) is 1.43. The maximum atomic E-state index is 12.9. The Morgan fingerprint density at radius 2 is 1.69 bits per heavy atom. The second-order valence-electron chi connectivity index (χ2n) is 4.85. The molecule has 1 aromatic rings. The van der Waals surface area contributed by atoms with Gasteiger partial charge in [0.25, 0.3) is 0 Å². The number of hydrogen-bond acceptors (Lipinski definition) is 4. The van der Waals surface area contributed by atoms with Crippen LogP contribution in [-0.4, -0.2) is 28.3 Å². The minimum atomic E-state index is -0.659. The summed E-state index contributed by atoms with van der Waals surface area (Å²) in [5.41, 5.74) is -0.546. The molecule has 0 atom stereocenters. The Labute approximate surface area is 94.3 Å². The van der Waals surface area contributed by atoms with Gasteiger partial charge >= 0.3 is 7.12 Å². The smallest absolute Gasteiger partial charge is 0.398 e. The van der Waals surface area contributed by atoms with Gasteiger partial charge in [-0.1, -0.05) is 0 Å². The lowest BCUT2D eigenvalue weighted by molar-refractivity contribution is 0.00578. The maximum absolute atomic E-state index is 12.9. The highest BCUT2D eigenvalue weighted by atomic mass is 19.1. The minimum Gasteiger partial charge on any atom is -0.398 e. The van der Waals surface area contributed by atoms with Crippen LogP contribution < -0.4 is 5.59 Å². The van der Waals surface area contributed by atoms with Gasteiger partial charge < -0.3 is 9.31 Å². The molecule has 1 saturated heterocycles. The van der Waals surface area contributed by atoms with Crippen LogP contribution in [0.15, 0.2) is 12.4 Å². The molecule has 2 heterocycles. The van der Waals surface area contributed by atoms with Gasteiger partial charge in [0.2, 0.25) is 5.95 Å². The largest absolute Gasteiger partial charge is 0.516 e. The van der Waals surface area contributed by atoms with Gasteiger partial charge in [0.1, 0.15) is 0 Å². The number of rotatable bonds is 1. The molecule has 86 valence electrons. The summed E-state index contributed by atoms with van der Waals surface area (Å²) >= 11 is 0. The Hall–Kier alpha value is -1.01. The van der Waals surface area contributed by atoms with Crippen LogP contribution in [0.2, 0.25) is 0 Å². The predicted octanol–water partition coefficient (Wildman–Crippen LogP) is 0.915. The molecule has 0 bridgehead atoms. The third-order valence-electron chi connectivity index (χ3n) is 3.12. The number of aromatic nitrogens is 2. The van der Waals surface area contributed by atoms with E-state index < -0.39 is 24.3 Å². The summed E-state index contributed by atoms with van der Waals surface area (Å²) in [5.74, 6) is -0.632. The van der Waals surface area contributed by atoms with Crippen LogP contribution >= 0.6 is 0 Å². The molecule has 0 N–H and O–H groups in total. The zero-order valence-electron chi connectivity index (χ0n) is 9.82. The quantitative estimate of drug-likeness (QED) is 0.665. The van der Waals surface area contributed by atoms with Crippen molar-refractivity contribution >= 4 is 12.7 Å². The Balaban J connectivity index is 2.27. The van der Waals surface area contributed by atoms with Gasteiger partial charge in [0.05, 0.1) is 23.0 Å². The van der Waals surface area contributed by atoms with E-state index in [1.165, 1.54) is 6.20 Å². The zero-order chi connectivity index (χ0) is 12.0. The summed E-state index contributed by atoms with van der Waals surface area (Å²) in [4.78, 5) is 7.43. The highest BCUT2D eigenvalue weighted by Crippen LogP contribution is 2.36. The van der Waals surface area contributed by atoms with Gasteiger partial charge in [-0.05, 0) is 27.7 Å². The van der Waals surface area contributed by atoms with Crippen molar-refractivity contribution in [2.45, 2.75) is 38.9 Å². The van der Waals surface area contributed by atoms with Gasteiger partial charge in [0, 0.05) is 6.20 Å². The van der Waals surface area contributed by atoms with E-state index in [1.54, 1.807) is 0 Å². The molecule has 0 aliphatic carbocycles. The molecule has 0 saturated carbocycles. The number of nitrogens with zero attached hydrogens (tertiary/aromatic N) is 2. The molecule has 1 aliphatic heterocycles. The molecule has 0 amide bonds. The molecular formula is C10H14BFN2O2. The average molecular weight is 224 g/mol. The fraction of sp³-hybridized carbons (Fsp3) is 0.600. The molecule has 1 aliphatic rings. The van der Waals surface area contributed by atoms with Gasteiger partial charge in [0.15, 0.2) is 0 Å². The average Bonchev–Trinajstić information content (AvgIpc) is 2.36. The summed E-state index contributed by atoms with van der Waals surface area (Å²) in [6.07, 6.45) is 2.50. The molecule has 1 fully saturated rings. The molecule has 6 heteroatoms. The molecule has 0 spiro atoms. The van der Waals surface area contributed by atoms with Crippen LogP contribution in [0, 0.1) is 5.95 Å². The van der Waals surface area contributed by atoms with Gasteiger partial charge in [-0.2, -0.15) is 4.39 Å². The lowest BCUT2D eigenvalue weighted by Gasteiger charge is -2.32. The van der Waals surface area contributed by atoms with Crippen LogP contribution in [-0.2, 0) is 9.31 Å². The van der Waals surface area contributed by atoms with Gasteiger partial charge in [-0.15, -0.1) is 0 Å². The summed E-state index contributed by atoms with van der Waals surface area (Å²) in [6.45, 7) is 7.72. The lowest BCUT2D eigenvalue weighted by Crippen LogP contribution is -2.41. The van der Waals surface area contributed by atoms with E-state index in [2.05, 4.69) is 9.97 Å². The summed E-state index contributed by atoms with van der Waals surface area (Å²) in [6, 6.07) is 0. The van der Waals surface area contributed by atoms with E-state index in [0.29, 0.717) is 5.59 Å². The standard InChI is InChI=1S/C10H14BFN2O2/c1-9(2)10(3,4)16-11(15-9)7-5-13-6-8(12)14-7/h5-6H,1-4H3. The van der Waals surface area contributed by atoms with E-state index in [9.17, 15) is 4.39 Å². The topological polar surface area (TPSA) is 44.2 Å². The van der Waals surface area contributed by atoms with E-state index in [4.69, 9.17) is 9.31 Å². The molecule has 16 heavy (non-hydrogen) atoms. The first-order chi connectivity index (χ1) is 7.32. The zero-order valence-corrected chi connectivity index (χ0v) is 9.82. The van der Waals surface area contributed by atoms with Crippen molar-refractivity contribution in [1.82, 2.24) is 9.97 Å². The van der Waals surface area contributed by atoms with Crippen molar-refractivity contribution in [2.24, 2.45) is 0 Å². The van der Waals surface area contributed by atoms with Crippen LogP contribution in [0.25, 0.3) is 0 Å². The van der Waals surface area contributed by atoms with Crippen molar-refractivity contribution in [3.05, 3.63) is 18.3 Å². The first-order valence-electron chi connectivity index (χ1n) is 5.15. The van der Waals surface area contributed by atoms with Gasteiger partial charge in [-0.25, -0.2) is 4.98 Å². The third kappa shape index (κ3) is 1.83. The van der Waals surface area contributed by atoms with Crippen LogP contribution in [0.4, 0.5) is 4.39 Å². The Morgan fingerprint density at radius 3 is 2.19 bits per heavy atom. The van der Waals surface area contributed by atoms with Crippen molar-refractivity contribution in [3.63, 3.8) is 0 Å². The molecular weight excluding hydrogens is 210 g/mol. The molecule has 2 rings (SSSR count). The van der Waals surface area contributed by atoms with Crippen LogP contribution in [0.3, 0.4) is 0 Å². The van der Waals surface area contributed by atoms with Gasteiger partial charge in [-0.3, -0.25) is 4.98 Å². The monoisotopic (exact) mass is 224 g/mol. The number of halogens is 1. The first-order valence-corrected chi connectivity index (χ1v) is 5.15. The summed E-state index contributed by atoms with van der Waals surface area (Å²) in [5, 5.41) is 0. The van der Waals surface area contributed by atoms with E-state index in [1.807, 2.05) is 27.7 Å². The van der Waals surface area contributed by atoms with Crippen molar-refractivity contribution in [1.29, 1.82) is 0 Å². The summed E-state index contributed by atoms with van der Waals surface area (Å²) in [7, 11) is -0.659. The lowest BCUT2D eigenvalue weighted by atomic mass is 9.85. The first kappa shape index (κ1) is 11.5. The maximum Gasteiger partial charge on any atom is 0.516 e. The molecule has 4 nitrogen and oxygen atoms in total. The van der Waals surface area contributed by atoms with E-state index >= 15 is 0 Å². The summed E-state index contributed by atoms with van der Waals surface area (Å²) < 4.78 is 24.3. The molecule has 0 aromatic carbocycles. The van der Waals surface area contributed by atoms with Crippen molar-refractivity contribution in [2.75, 3.05) is 0 Å². The molecule has 0 unspecified atom stereocenters. The van der Waals surface area contributed by atoms with Crippen LogP contribution in [0.5, 0.6) is 0 Å². The molecule has 1 aromatic heterocycles.